The Morgan fingerprint density at radius 3 is 2.00 bits per heavy atom. The van der Waals surface area contributed by atoms with Crippen LogP contribution in [0.3, 0.4) is 0 Å². The van der Waals surface area contributed by atoms with Crippen molar-refractivity contribution in [1.82, 2.24) is 0 Å². The van der Waals surface area contributed by atoms with Gasteiger partial charge < -0.3 is 0 Å². The van der Waals surface area contributed by atoms with E-state index in [4.69, 9.17) is 5.26 Å². The Bertz CT molecular complexity index is 354. The van der Waals surface area contributed by atoms with Crippen LogP contribution >= 0.6 is 0 Å². The lowest BCUT2D eigenvalue weighted by Gasteiger charge is -2.36. The Balaban J connectivity index is 1.77. The molecule has 1 atom stereocenters. The minimum absolute atomic E-state index is 0.252. The molecule has 0 aliphatic heterocycles. The van der Waals surface area contributed by atoms with Gasteiger partial charge in [0.05, 0.1) is 6.07 Å². The molecule has 0 aromatic heterocycles. The van der Waals surface area contributed by atoms with Gasteiger partial charge in [-0.05, 0) is 69.6 Å². The van der Waals surface area contributed by atoms with Crippen LogP contribution in [0.5, 0.6) is 0 Å². The Kier molecular flexibility index (Phi) is 5.64. The second kappa shape index (κ2) is 7.25. The third-order valence-corrected chi connectivity index (χ3v) is 5.89. The monoisotopic (exact) mass is 275 g/mol. The van der Waals surface area contributed by atoms with Gasteiger partial charge in [-0.2, -0.15) is 5.26 Å². The zero-order valence-corrected chi connectivity index (χ0v) is 13.1. The van der Waals surface area contributed by atoms with E-state index >= 15 is 0 Å². The zero-order valence-electron chi connectivity index (χ0n) is 13.1. The van der Waals surface area contributed by atoms with E-state index in [9.17, 15) is 4.79 Å². The van der Waals surface area contributed by atoms with Gasteiger partial charge in [-0.25, -0.2) is 0 Å². The maximum atomic E-state index is 12.3. The molecular weight excluding hydrogens is 246 g/mol. The first-order valence-corrected chi connectivity index (χ1v) is 8.59. The molecule has 112 valence electrons. The minimum Gasteiger partial charge on any atom is -0.299 e. The second-order valence-corrected chi connectivity index (χ2v) is 7.06. The van der Waals surface area contributed by atoms with E-state index in [1.165, 1.54) is 25.7 Å². The van der Waals surface area contributed by atoms with Crippen molar-refractivity contribution in [2.75, 3.05) is 0 Å². The molecule has 0 aromatic rings. The maximum absolute atomic E-state index is 12.3. The molecule has 0 N–H and O–H groups in total. The van der Waals surface area contributed by atoms with Crippen molar-refractivity contribution in [2.24, 2.45) is 29.6 Å². The molecule has 0 saturated heterocycles. The SMILES string of the molecule is CCC(C)C(=O)C1CCC(C2CCC(C#N)CC2)CC1. The van der Waals surface area contributed by atoms with Crippen LogP contribution in [0.15, 0.2) is 0 Å². The van der Waals surface area contributed by atoms with Crippen LogP contribution in [0.25, 0.3) is 0 Å². The predicted molar refractivity (Wildman–Crippen MR) is 81.0 cm³/mol. The van der Waals surface area contributed by atoms with Gasteiger partial charge in [-0.1, -0.05) is 13.8 Å². The highest BCUT2D eigenvalue weighted by atomic mass is 16.1. The standard InChI is InChI=1S/C18H29NO/c1-3-13(2)18(20)17-10-8-16(9-11-17)15-6-4-14(12-19)5-7-15/h13-17H,3-11H2,1-2H3. The van der Waals surface area contributed by atoms with Crippen molar-refractivity contribution in [3.8, 4) is 6.07 Å². The summed E-state index contributed by atoms with van der Waals surface area (Å²) in [5.74, 6) is 3.09. The molecule has 1 unspecified atom stereocenters. The van der Waals surface area contributed by atoms with E-state index in [-0.39, 0.29) is 5.92 Å². The molecule has 2 saturated carbocycles. The highest BCUT2D eigenvalue weighted by molar-refractivity contribution is 5.83. The number of carbonyl (C=O) groups is 1. The lowest BCUT2D eigenvalue weighted by molar-refractivity contribution is -0.127. The molecule has 0 bridgehead atoms. The summed E-state index contributed by atoms with van der Waals surface area (Å²) < 4.78 is 0. The average molecular weight is 275 g/mol. The molecule has 2 aliphatic rings. The molecule has 0 aromatic carbocycles. The van der Waals surface area contributed by atoms with Gasteiger partial charge in [-0.3, -0.25) is 4.79 Å². The third-order valence-electron chi connectivity index (χ3n) is 5.89. The molecule has 2 nitrogen and oxygen atoms in total. The molecular formula is C18H29NO. The van der Waals surface area contributed by atoms with Gasteiger partial charge in [0.2, 0.25) is 0 Å². The Hall–Kier alpha value is -0.840. The van der Waals surface area contributed by atoms with Crippen molar-refractivity contribution >= 4 is 5.78 Å². The van der Waals surface area contributed by atoms with E-state index in [1.807, 2.05) is 0 Å². The molecule has 2 heteroatoms. The lowest BCUT2D eigenvalue weighted by Crippen LogP contribution is -2.30. The predicted octanol–water partition coefficient (Wildman–Crippen LogP) is 4.74. The fourth-order valence-corrected chi connectivity index (χ4v) is 4.20. The van der Waals surface area contributed by atoms with Crippen molar-refractivity contribution in [2.45, 2.75) is 71.6 Å². The summed E-state index contributed by atoms with van der Waals surface area (Å²) in [6.07, 6.45) is 10.4. The first-order valence-electron chi connectivity index (χ1n) is 8.59. The average Bonchev–Trinajstić information content (AvgIpc) is 2.53. The van der Waals surface area contributed by atoms with Crippen LogP contribution in [0.1, 0.15) is 71.6 Å². The fraction of sp³-hybridized carbons (Fsp3) is 0.889. The summed E-state index contributed by atoms with van der Waals surface area (Å²) in [6.45, 7) is 4.19. The van der Waals surface area contributed by atoms with Gasteiger partial charge in [0.25, 0.3) is 0 Å². The normalized spacial score (nSPS) is 36.0. The number of hydrogen-bond acceptors (Lipinski definition) is 2. The molecule has 2 aliphatic carbocycles. The summed E-state index contributed by atoms with van der Waals surface area (Å²) in [4.78, 5) is 12.3. The highest BCUT2D eigenvalue weighted by Crippen LogP contribution is 2.41. The van der Waals surface area contributed by atoms with Crippen molar-refractivity contribution in [3.63, 3.8) is 0 Å². The summed E-state index contributed by atoms with van der Waals surface area (Å²) in [5.41, 5.74) is 0. The van der Waals surface area contributed by atoms with Gasteiger partial charge in [0, 0.05) is 17.8 Å². The molecule has 0 radical (unpaired) electrons. The summed E-state index contributed by atoms with van der Waals surface area (Å²) >= 11 is 0. The minimum atomic E-state index is 0.252. The zero-order chi connectivity index (χ0) is 14.5. The number of ketones is 1. The molecule has 0 spiro atoms. The largest absolute Gasteiger partial charge is 0.299 e. The Labute approximate surface area is 123 Å². The van der Waals surface area contributed by atoms with Crippen LogP contribution in [0.4, 0.5) is 0 Å². The number of hydrogen-bond donors (Lipinski definition) is 0. The van der Waals surface area contributed by atoms with Gasteiger partial charge in [0.1, 0.15) is 5.78 Å². The Morgan fingerprint density at radius 2 is 1.55 bits per heavy atom. The maximum Gasteiger partial charge on any atom is 0.138 e. The first-order chi connectivity index (χ1) is 9.65. The Morgan fingerprint density at radius 1 is 1.05 bits per heavy atom. The number of nitrogens with zero attached hydrogens (tertiary/aromatic N) is 1. The second-order valence-electron chi connectivity index (χ2n) is 7.06. The van der Waals surface area contributed by atoms with Crippen LogP contribution in [-0.4, -0.2) is 5.78 Å². The van der Waals surface area contributed by atoms with Crippen LogP contribution in [-0.2, 0) is 4.79 Å². The van der Waals surface area contributed by atoms with Gasteiger partial charge in [0.15, 0.2) is 0 Å². The fourth-order valence-electron chi connectivity index (χ4n) is 4.20. The molecule has 2 rings (SSSR count). The summed E-state index contributed by atoms with van der Waals surface area (Å²) in [5, 5.41) is 8.97. The van der Waals surface area contributed by atoms with Crippen LogP contribution in [0, 0.1) is 40.9 Å². The van der Waals surface area contributed by atoms with Gasteiger partial charge in [-0.15, -0.1) is 0 Å². The first kappa shape index (κ1) is 15.5. The van der Waals surface area contributed by atoms with E-state index in [0.717, 1.165) is 43.9 Å². The quantitative estimate of drug-likeness (QED) is 0.743. The number of nitriles is 1. The van der Waals surface area contributed by atoms with E-state index in [1.54, 1.807) is 0 Å². The third kappa shape index (κ3) is 3.62. The summed E-state index contributed by atoms with van der Waals surface area (Å²) in [6, 6.07) is 2.42. The van der Waals surface area contributed by atoms with Gasteiger partial charge >= 0.3 is 0 Å². The van der Waals surface area contributed by atoms with Crippen molar-refractivity contribution in [3.05, 3.63) is 0 Å². The smallest absolute Gasteiger partial charge is 0.138 e. The van der Waals surface area contributed by atoms with E-state index in [2.05, 4.69) is 19.9 Å². The van der Waals surface area contributed by atoms with E-state index < -0.39 is 0 Å². The topological polar surface area (TPSA) is 40.9 Å². The number of rotatable bonds is 4. The number of carbonyl (C=O) groups excluding carboxylic acids is 1. The van der Waals surface area contributed by atoms with Crippen LogP contribution < -0.4 is 0 Å². The molecule has 2 fully saturated rings. The lowest BCUT2D eigenvalue weighted by atomic mass is 9.68. The van der Waals surface area contributed by atoms with E-state index in [0.29, 0.717) is 17.6 Å². The molecule has 20 heavy (non-hydrogen) atoms. The molecule has 0 heterocycles. The molecule has 0 amide bonds. The van der Waals surface area contributed by atoms with Crippen molar-refractivity contribution < 1.29 is 4.79 Å². The summed E-state index contributed by atoms with van der Waals surface area (Å²) in [7, 11) is 0. The van der Waals surface area contributed by atoms with Crippen molar-refractivity contribution in [1.29, 1.82) is 5.26 Å². The van der Waals surface area contributed by atoms with Crippen LogP contribution in [0.2, 0.25) is 0 Å². The number of Topliss-reactive ketones (excluding diaryl/α,β-unsaturated/α-hetero) is 1. The highest BCUT2D eigenvalue weighted by Gasteiger charge is 2.33.